The average molecular weight is 362 g/mol. The van der Waals surface area contributed by atoms with E-state index >= 15 is 0 Å². The van der Waals surface area contributed by atoms with Gasteiger partial charge in [0.05, 0.1) is 19.5 Å². The number of rotatable bonds is 5. The molecule has 0 unspecified atom stereocenters. The number of carbonyl (C=O) groups excluding carboxylic acids is 1. The second kappa shape index (κ2) is 8.16. The molecule has 0 radical (unpaired) electrons. The number of imidazole rings is 1. The molecular weight excluding hydrogens is 340 g/mol. The van der Waals surface area contributed by atoms with Crippen LogP contribution in [0.4, 0.5) is 5.69 Å². The Hall–Kier alpha value is -2.96. The maximum absolute atomic E-state index is 12.8. The number of anilines is 1. The first-order valence-electron chi connectivity index (χ1n) is 9.07. The van der Waals surface area contributed by atoms with Gasteiger partial charge in [-0.1, -0.05) is 24.3 Å². The van der Waals surface area contributed by atoms with Gasteiger partial charge in [0, 0.05) is 49.0 Å². The third-order valence-electron chi connectivity index (χ3n) is 4.67. The molecule has 2 aromatic carbocycles. The number of hydrogen-bond acceptors (Lipinski definition) is 4. The summed E-state index contributed by atoms with van der Waals surface area (Å²) in [5, 5.41) is 3.07. The SMILES string of the molecule is O=C(Nc1ccccc1CN1CCOCC1)c1cccc(-n2ccnc2)c1. The first kappa shape index (κ1) is 17.5. The number of para-hydroxylation sites is 1. The van der Waals surface area contributed by atoms with Crippen molar-refractivity contribution in [3.05, 3.63) is 78.4 Å². The van der Waals surface area contributed by atoms with Crippen molar-refractivity contribution in [1.82, 2.24) is 14.5 Å². The van der Waals surface area contributed by atoms with Gasteiger partial charge in [-0.2, -0.15) is 0 Å². The first-order chi connectivity index (χ1) is 13.3. The predicted molar refractivity (Wildman–Crippen MR) is 104 cm³/mol. The van der Waals surface area contributed by atoms with Crippen LogP contribution in [0, 0.1) is 0 Å². The van der Waals surface area contributed by atoms with Crippen LogP contribution in [0.25, 0.3) is 5.69 Å². The summed E-state index contributed by atoms with van der Waals surface area (Å²) < 4.78 is 7.29. The molecule has 0 bridgehead atoms. The topological polar surface area (TPSA) is 59.4 Å². The fourth-order valence-electron chi connectivity index (χ4n) is 3.19. The minimum Gasteiger partial charge on any atom is -0.379 e. The molecular formula is C21H22N4O2. The van der Waals surface area contributed by atoms with E-state index in [0.717, 1.165) is 49.8 Å². The lowest BCUT2D eigenvalue weighted by Crippen LogP contribution is -2.35. The Kier molecular flexibility index (Phi) is 5.27. The van der Waals surface area contributed by atoms with Gasteiger partial charge in [-0.05, 0) is 29.8 Å². The lowest BCUT2D eigenvalue weighted by Gasteiger charge is -2.27. The fourth-order valence-corrected chi connectivity index (χ4v) is 3.19. The van der Waals surface area contributed by atoms with Gasteiger partial charge in [-0.25, -0.2) is 4.98 Å². The number of amides is 1. The van der Waals surface area contributed by atoms with Crippen LogP contribution in [0.1, 0.15) is 15.9 Å². The molecule has 1 fully saturated rings. The molecule has 1 aromatic heterocycles. The van der Waals surface area contributed by atoms with E-state index in [4.69, 9.17) is 4.74 Å². The Bertz CT molecular complexity index is 902. The lowest BCUT2D eigenvalue weighted by molar-refractivity contribution is 0.0342. The fraction of sp³-hybridized carbons (Fsp3) is 0.238. The zero-order chi connectivity index (χ0) is 18.5. The van der Waals surface area contributed by atoms with Crippen molar-refractivity contribution in [3.63, 3.8) is 0 Å². The number of ether oxygens (including phenoxy) is 1. The summed E-state index contributed by atoms with van der Waals surface area (Å²) in [6.07, 6.45) is 5.29. The standard InChI is InChI=1S/C21H22N4O2/c26-21(17-5-3-6-19(14-17)25-9-8-22-16-25)23-20-7-2-1-4-18(20)15-24-10-12-27-13-11-24/h1-9,14,16H,10-13,15H2,(H,23,26). The zero-order valence-corrected chi connectivity index (χ0v) is 15.0. The van der Waals surface area contributed by atoms with Gasteiger partial charge < -0.3 is 14.6 Å². The third-order valence-corrected chi connectivity index (χ3v) is 4.67. The summed E-state index contributed by atoms with van der Waals surface area (Å²) >= 11 is 0. The van der Waals surface area contributed by atoms with Gasteiger partial charge in [-0.15, -0.1) is 0 Å². The normalized spacial score (nSPS) is 14.8. The molecule has 138 valence electrons. The zero-order valence-electron chi connectivity index (χ0n) is 15.0. The predicted octanol–water partition coefficient (Wildman–Crippen LogP) is 2.96. The van der Waals surface area contributed by atoms with Gasteiger partial charge in [0.15, 0.2) is 0 Å². The second-order valence-electron chi connectivity index (χ2n) is 6.52. The van der Waals surface area contributed by atoms with Crippen LogP contribution in [0.3, 0.4) is 0 Å². The molecule has 4 rings (SSSR count). The van der Waals surface area contributed by atoms with E-state index in [9.17, 15) is 4.79 Å². The summed E-state index contributed by atoms with van der Waals surface area (Å²) in [7, 11) is 0. The number of morpholine rings is 1. The maximum Gasteiger partial charge on any atom is 0.255 e. The van der Waals surface area contributed by atoms with Gasteiger partial charge in [-0.3, -0.25) is 9.69 Å². The maximum atomic E-state index is 12.8. The Morgan fingerprint density at radius 3 is 2.78 bits per heavy atom. The lowest BCUT2D eigenvalue weighted by atomic mass is 10.1. The highest BCUT2D eigenvalue weighted by molar-refractivity contribution is 6.05. The summed E-state index contributed by atoms with van der Waals surface area (Å²) in [6, 6.07) is 15.5. The van der Waals surface area contributed by atoms with E-state index in [2.05, 4.69) is 21.3 Å². The minimum absolute atomic E-state index is 0.119. The summed E-state index contributed by atoms with van der Waals surface area (Å²) in [6.45, 7) is 4.14. The molecule has 0 aliphatic carbocycles. The molecule has 1 N–H and O–H groups in total. The van der Waals surface area contributed by atoms with Crippen molar-refractivity contribution in [2.24, 2.45) is 0 Å². The number of aromatic nitrogens is 2. The smallest absolute Gasteiger partial charge is 0.255 e. The average Bonchev–Trinajstić information content (AvgIpc) is 3.25. The highest BCUT2D eigenvalue weighted by Crippen LogP contribution is 2.19. The van der Waals surface area contributed by atoms with E-state index in [1.54, 1.807) is 12.5 Å². The van der Waals surface area contributed by atoms with Crippen LogP contribution in [0.2, 0.25) is 0 Å². The molecule has 6 nitrogen and oxygen atoms in total. The monoisotopic (exact) mass is 362 g/mol. The van der Waals surface area contributed by atoms with E-state index in [1.807, 2.05) is 53.2 Å². The van der Waals surface area contributed by atoms with Gasteiger partial charge in [0.2, 0.25) is 0 Å². The van der Waals surface area contributed by atoms with Crippen LogP contribution in [-0.4, -0.2) is 46.7 Å². The van der Waals surface area contributed by atoms with Crippen LogP contribution in [0.15, 0.2) is 67.3 Å². The van der Waals surface area contributed by atoms with Crippen molar-refractivity contribution in [3.8, 4) is 5.69 Å². The molecule has 1 amide bonds. The summed E-state index contributed by atoms with van der Waals surface area (Å²) in [4.78, 5) is 19.2. The molecule has 0 atom stereocenters. The largest absolute Gasteiger partial charge is 0.379 e. The third kappa shape index (κ3) is 4.24. The number of carbonyl (C=O) groups is 1. The number of benzene rings is 2. The summed E-state index contributed by atoms with van der Waals surface area (Å²) in [5.74, 6) is -0.119. The van der Waals surface area contributed by atoms with Crippen molar-refractivity contribution in [2.45, 2.75) is 6.54 Å². The minimum atomic E-state index is -0.119. The highest BCUT2D eigenvalue weighted by Gasteiger charge is 2.14. The van der Waals surface area contributed by atoms with Crippen LogP contribution in [-0.2, 0) is 11.3 Å². The van der Waals surface area contributed by atoms with E-state index in [1.165, 1.54) is 0 Å². The molecule has 27 heavy (non-hydrogen) atoms. The number of hydrogen-bond donors (Lipinski definition) is 1. The van der Waals surface area contributed by atoms with Crippen molar-refractivity contribution < 1.29 is 9.53 Å². The Morgan fingerprint density at radius 1 is 1.11 bits per heavy atom. The first-order valence-corrected chi connectivity index (χ1v) is 9.07. The Labute approximate surface area is 158 Å². The Balaban J connectivity index is 1.51. The molecule has 3 aromatic rings. The van der Waals surface area contributed by atoms with Gasteiger partial charge in [0.25, 0.3) is 5.91 Å². The molecule has 1 aliphatic rings. The Morgan fingerprint density at radius 2 is 1.96 bits per heavy atom. The molecule has 1 aliphatic heterocycles. The highest BCUT2D eigenvalue weighted by atomic mass is 16.5. The van der Waals surface area contributed by atoms with Crippen LogP contribution < -0.4 is 5.32 Å². The van der Waals surface area contributed by atoms with Gasteiger partial charge in [0.1, 0.15) is 0 Å². The van der Waals surface area contributed by atoms with Crippen molar-refractivity contribution >= 4 is 11.6 Å². The number of nitrogens with zero attached hydrogens (tertiary/aromatic N) is 3. The van der Waals surface area contributed by atoms with E-state index in [0.29, 0.717) is 5.56 Å². The molecule has 1 saturated heterocycles. The molecule has 0 spiro atoms. The van der Waals surface area contributed by atoms with Gasteiger partial charge >= 0.3 is 0 Å². The van der Waals surface area contributed by atoms with Crippen molar-refractivity contribution in [2.75, 3.05) is 31.6 Å². The molecule has 6 heteroatoms. The van der Waals surface area contributed by atoms with Crippen LogP contribution in [0.5, 0.6) is 0 Å². The van der Waals surface area contributed by atoms with E-state index in [-0.39, 0.29) is 5.91 Å². The molecule has 2 heterocycles. The van der Waals surface area contributed by atoms with Crippen LogP contribution >= 0.6 is 0 Å². The number of nitrogens with one attached hydrogen (secondary N) is 1. The van der Waals surface area contributed by atoms with Crippen molar-refractivity contribution in [1.29, 1.82) is 0 Å². The molecule has 0 saturated carbocycles. The second-order valence-corrected chi connectivity index (χ2v) is 6.52. The van der Waals surface area contributed by atoms with E-state index < -0.39 is 0 Å². The summed E-state index contributed by atoms with van der Waals surface area (Å²) in [5.41, 5.74) is 3.48. The quantitative estimate of drug-likeness (QED) is 0.758.